The van der Waals surface area contributed by atoms with Crippen LogP contribution in [0.15, 0.2) is 277 Å². The first-order chi connectivity index (χ1) is 34.7. The van der Waals surface area contributed by atoms with Gasteiger partial charge in [0, 0.05) is 33.6 Å². The van der Waals surface area contributed by atoms with Crippen LogP contribution in [-0.4, -0.2) is 0 Å². The van der Waals surface area contributed by atoms with Crippen LogP contribution in [-0.2, 0) is 0 Å². The van der Waals surface area contributed by atoms with Crippen molar-refractivity contribution in [2.24, 2.45) is 0 Å². The van der Waals surface area contributed by atoms with E-state index in [0.29, 0.717) is 0 Å². The number of anilines is 3. The van der Waals surface area contributed by atoms with E-state index in [1.807, 2.05) is 6.07 Å². The molecule has 0 aliphatic rings. The van der Waals surface area contributed by atoms with Gasteiger partial charge in [0.25, 0.3) is 0 Å². The van der Waals surface area contributed by atoms with Crippen molar-refractivity contribution < 1.29 is 4.42 Å². The lowest BCUT2D eigenvalue weighted by Crippen LogP contribution is -2.09. The van der Waals surface area contributed by atoms with Crippen molar-refractivity contribution in [1.29, 1.82) is 0 Å². The summed E-state index contributed by atoms with van der Waals surface area (Å²) in [6, 6.07) is 98.5. The van der Waals surface area contributed by atoms with E-state index in [0.717, 1.165) is 61.6 Å². The van der Waals surface area contributed by atoms with Crippen LogP contribution >= 0.6 is 0 Å². The zero-order valence-electron chi connectivity index (χ0n) is 38.3. The Bertz CT molecular complexity index is 4030. The van der Waals surface area contributed by atoms with Gasteiger partial charge in [-0.05, 0) is 143 Å². The van der Waals surface area contributed by atoms with Crippen molar-refractivity contribution in [3.8, 4) is 67.0 Å². The predicted molar refractivity (Wildman–Crippen MR) is 296 cm³/mol. The van der Waals surface area contributed by atoms with Crippen molar-refractivity contribution in [1.82, 2.24) is 0 Å². The minimum absolute atomic E-state index is 0.876. The summed E-state index contributed by atoms with van der Waals surface area (Å²) in [6.07, 6.45) is 0. The smallest absolute Gasteiger partial charge is 0.143 e. The van der Waals surface area contributed by atoms with Crippen LogP contribution in [0.3, 0.4) is 0 Å². The molecule has 2 nitrogen and oxygen atoms in total. The van der Waals surface area contributed by atoms with E-state index in [1.165, 1.54) is 65.7 Å². The van der Waals surface area contributed by atoms with E-state index >= 15 is 0 Å². The summed E-state index contributed by atoms with van der Waals surface area (Å²) >= 11 is 0. The Kier molecular flexibility index (Phi) is 10.2. The average molecular weight is 892 g/mol. The van der Waals surface area contributed by atoms with Gasteiger partial charge in [0.05, 0.1) is 0 Å². The van der Waals surface area contributed by atoms with Crippen LogP contribution in [0.4, 0.5) is 17.1 Å². The van der Waals surface area contributed by atoms with Crippen LogP contribution in [0.25, 0.3) is 110 Å². The molecule has 70 heavy (non-hydrogen) atoms. The second kappa shape index (κ2) is 17.4. The summed E-state index contributed by atoms with van der Waals surface area (Å²) in [5.41, 5.74) is 16.9. The maximum atomic E-state index is 6.63. The van der Waals surface area contributed by atoms with Crippen LogP contribution < -0.4 is 4.90 Å². The van der Waals surface area contributed by atoms with Gasteiger partial charge in [-0.2, -0.15) is 0 Å². The number of hydrogen-bond acceptors (Lipinski definition) is 2. The molecule has 1 heterocycles. The van der Waals surface area contributed by atoms with Gasteiger partial charge in [0.15, 0.2) is 0 Å². The fourth-order valence-corrected chi connectivity index (χ4v) is 10.5. The zero-order chi connectivity index (χ0) is 46.4. The van der Waals surface area contributed by atoms with Crippen LogP contribution in [0.1, 0.15) is 0 Å². The van der Waals surface area contributed by atoms with E-state index in [2.05, 4.69) is 272 Å². The first kappa shape index (κ1) is 41.0. The van der Waals surface area contributed by atoms with E-state index in [1.54, 1.807) is 0 Å². The summed E-state index contributed by atoms with van der Waals surface area (Å²) in [5, 5.41) is 8.65. The highest BCUT2D eigenvalue weighted by Crippen LogP contribution is 2.44. The highest BCUT2D eigenvalue weighted by molar-refractivity contribution is 6.14. The molecule has 2 heteroatoms. The molecule has 0 amide bonds. The summed E-state index contributed by atoms with van der Waals surface area (Å²) in [5.74, 6) is 0.876. The second-order valence-corrected chi connectivity index (χ2v) is 18.0. The van der Waals surface area contributed by atoms with Gasteiger partial charge < -0.3 is 9.32 Å². The van der Waals surface area contributed by atoms with Crippen molar-refractivity contribution in [2.45, 2.75) is 0 Å². The van der Waals surface area contributed by atoms with Crippen LogP contribution in [0, 0.1) is 0 Å². The normalized spacial score (nSPS) is 11.4. The Morgan fingerprint density at radius 1 is 0.243 bits per heavy atom. The highest BCUT2D eigenvalue weighted by Gasteiger charge is 2.19. The van der Waals surface area contributed by atoms with Gasteiger partial charge >= 0.3 is 0 Å². The van der Waals surface area contributed by atoms with Gasteiger partial charge in [0.1, 0.15) is 11.3 Å². The lowest BCUT2D eigenvalue weighted by Gasteiger charge is -2.26. The molecule has 0 fully saturated rings. The summed E-state index contributed by atoms with van der Waals surface area (Å²) in [4.78, 5) is 2.36. The Balaban J connectivity index is 0.877. The molecular weight excluding hydrogens is 847 g/mol. The number of benzene rings is 12. The molecule has 0 bridgehead atoms. The largest absolute Gasteiger partial charge is 0.455 e. The van der Waals surface area contributed by atoms with Crippen molar-refractivity contribution in [3.63, 3.8) is 0 Å². The fourth-order valence-electron chi connectivity index (χ4n) is 10.5. The average Bonchev–Trinajstić information content (AvgIpc) is 3.84. The number of fused-ring (bicyclic) bond motifs is 5. The van der Waals surface area contributed by atoms with E-state index in [9.17, 15) is 0 Å². The standard InChI is InChI=1S/C68H45NO/c1-2-16-50(17-3-1)67-64-28-10-11-30-66(64)70-68(67)55-23-13-21-52(44-55)47-33-39-57(40-34-47)69(58-41-35-49(36-42-58)65-45-54-18-5-7-25-61(54)62-26-8-9-27-63(62)65)56-37-31-46(32-38-56)51-20-12-22-53(43-51)60-29-14-19-48-15-4-6-24-59(48)60/h1-45H. The molecule has 13 rings (SSSR count). The molecule has 328 valence electrons. The van der Waals surface area contributed by atoms with Gasteiger partial charge in [-0.3, -0.25) is 0 Å². The topological polar surface area (TPSA) is 16.4 Å². The maximum Gasteiger partial charge on any atom is 0.143 e. The quantitative estimate of drug-likeness (QED) is 0.134. The number of furan rings is 1. The third-order valence-corrected chi connectivity index (χ3v) is 13.9. The monoisotopic (exact) mass is 891 g/mol. The predicted octanol–water partition coefficient (Wildman–Crippen LogP) is 19.4. The number of rotatable bonds is 9. The van der Waals surface area contributed by atoms with Crippen molar-refractivity contribution >= 4 is 60.3 Å². The van der Waals surface area contributed by atoms with E-state index < -0.39 is 0 Å². The lowest BCUT2D eigenvalue weighted by atomic mass is 9.93. The third-order valence-electron chi connectivity index (χ3n) is 13.9. The second-order valence-electron chi connectivity index (χ2n) is 18.0. The Labute approximate surface area is 407 Å². The highest BCUT2D eigenvalue weighted by atomic mass is 16.3. The summed E-state index contributed by atoms with van der Waals surface area (Å²) in [6.45, 7) is 0. The molecule has 12 aromatic carbocycles. The molecule has 0 aliphatic heterocycles. The van der Waals surface area contributed by atoms with E-state index in [4.69, 9.17) is 4.42 Å². The molecule has 0 N–H and O–H groups in total. The van der Waals surface area contributed by atoms with E-state index in [-0.39, 0.29) is 0 Å². The molecule has 0 atom stereocenters. The fraction of sp³-hybridized carbons (Fsp3) is 0. The van der Waals surface area contributed by atoms with Crippen LogP contribution in [0.2, 0.25) is 0 Å². The minimum Gasteiger partial charge on any atom is -0.455 e. The first-order valence-corrected chi connectivity index (χ1v) is 24.0. The van der Waals surface area contributed by atoms with Gasteiger partial charge in [0.2, 0.25) is 0 Å². The zero-order valence-corrected chi connectivity index (χ0v) is 38.3. The van der Waals surface area contributed by atoms with Gasteiger partial charge in [-0.25, -0.2) is 0 Å². The molecule has 0 radical (unpaired) electrons. The number of para-hydroxylation sites is 1. The molecule has 0 saturated heterocycles. The Morgan fingerprint density at radius 2 is 0.714 bits per heavy atom. The first-order valence-electron chi connectivity index (χ1n) is 24.0. The summed E-state index contributed by atoms with van der Waals surface area (Å²) < 4.78 is 6.63. The molecule has 0 spiro atoms. The lowest BCUT2D eigenvalue weighted by molar-refractivity contribution is 0.632. The molecule has 13 aromatic rings. The molecule has 0 unspecified atom stereocenters. The van der Waals surface area contributed by atoms with Gasteiger partial charge in [-0.15, -0.1) is 0 Å². The van der Waals surface area contributed by atoms with Crippen molar-refractivity contribution in [3.05, 3.63) is 273 Å². The molecular formula is C68H45NO. The Hall–Kier alpha value is -9.24. The maximum absolute atomic E-state index is 6.63. The van der Waals surface area contributed by atoms with Crippen molar-refractivity contribution in [2.75, 3.05) is 4.90 Å². The number of hydrogen-bond donors (Lipinski definition) is 0. The molecule has 0 saturated carbocycles. The van der Waals surface area contributed by atoms with Gasteiger partial charge in [-0.1, -0.05) is 212 Å². The molecule has 0 aliphatic carbocycles. The Morgan fingerprint density at radius 3 is 1.40 bits per heavy atom. The SMILES string of the molecule is c1ccc(-c2c(-c3cccc(-c4ccc(N(c5ccc(-c6cccc(-c7cccc8ccccc78)c6)cc5)c5ccc(-c6cc7ccccc7c7ccccc67)cc5)cc4)c3)oc3ccccc23)cc1. The molecule has 1 aromatic heterocycles. The minimum atomic E-state index is 0.876. The number of nitrogens with zero attached hydrogens (tertiary/aromatic N) is 1. The van der Waals surface area contributed by atoms with Crippen LogP contribution in [0.5, 0.6) is 0 Å². The summed E-state index contributed by atoms with van der Waals surface area (Å²) in [7, 11) is 0. The third kappa shape index (κ3) is 7.40.